The first kappa shape index (κ1) is 15.7. The Morgan fingerprint density at radius 3 is 2.63 bits per heavy atom. The molecule has 1 aromatic rings. The third kappa shape index (κ3) is 3.14. The Kier molecular flexibility index (Phi) is 4.90. The van der Waals surface area contributed by atoms with Gasteiger partial charge in [0.1, 0.15) is 5.75 Å². The maximum absolute atomic E-state index is 6.19. The minimum Gasteiger partial charge on any atom is -0.495 e. The van der Waals surface area contributed by atoms with Gasteiger partial charge in [-0.15, -0.1) is 0 Å². The zero-order chi connectivity index (χ0) is 14.2. The zero-order valence-corrected chi connectivity index (χ0v) is 15.4. The molecule has 1 nitrogen and oxygen atoms in total. The van der Waals surface area contributed by atoms with Gasteiger partial charge in [0.2, 0.25) is 0 Å². The Morgan fingerprint density at radius 1 is 1.42 bits per heavy atom. The number of rotatable bonds is 3. The molecule has 0 amide bonds. The van der Waals surface area contributed by atoms with E-state index in [1.807, 2.05) is 12.1 Å². The lowest BCUT2D eigenvalue weighted by molar-refractivity contribution is 0.254. The van der Waals surface area contributed by atoms with Crippen LogP contribution in [0.15, 0.2) is 16.6 Å². The molecule has 0 N–H and O–H groups in total. The maximum Gasteiger partial charge on any atom is 0.137 e. The van der Waals surface area contributed by atoms with Gasteiger partial charge in [-0.3, -0.25) is 0 Å². The first-order chi connectivity index (χ1) is 8.86. The monoisotopic (exact) mass is 408 g/mol. The van der Waals surface area contributed by atoms with Crippen LogP contribution in [-0.2, 0) is 0 Å². The molecule has 1 fully saturated rings. The molecule has 19 heavy (non-hydrogen) atoms. The first-order valence-corrected chi connectivity index (χ1v) is 8.62. The molecule has 0 saturated heterocycles. The quantitative estimate of drug-likeness (QED) is 0.526. The molecule has 0 spiro atoms. The summed E-state index contributed by atoms with van der Waals surface area (Å²) in [6.07, 6.45) is 3.82. The number of methoxy groups -OCH3 is 1. The molecule has 2 rings (SSSR count). The highest BCUT2D eigenvalue weighted by Crippen LogP contribution is 2.54. The van der Waals surface area contributed by atoms with Gasteiger partial charge in [0.05, 0.1) is 11.6 Å². The predicted molar refractivity (Wildman–Crippen MR) is 88.5 cm³/mol. The van der Waals surface area contributed by atoms with Crippen molar-refractivity contribution in [1.29, 1.82) is 0 Å². The Hall–Kier alpha value is 0.270. The molecule has 1 aliphatic carbocycles. The third-order valence-electron chi connectivity index (χ3n) is 4.23. The summed E-state index contributed by atoms with van der Waals surface area (Å²) in [6.45, 7) is 4.70. The van der Waals surface area contributed by atoms with Gasteiger partial charge < -0.3 is 4.74 Å². The van der Waals surface area contributed by atoms with Gasteiger partial charge in [0.25, 0.3) is 0 Å². The molecule has 106 valence electrons. The number of benzene rings is 1. The fourth-order valence-corrected chi connectivity index (χ4v) is 5.43. The van der Waals surface area contributed by atoms with E-state index in [4.69, 9.17) is 16.3 Å². The fourth-order valence-electron chi connectivity index (χ4n) is 3.11. The van der Waals surface area contributed by atoms with Crippen LogP contribution in [0, 0.1) is 11.3 Å². The van der Waals surface area contributed by atoms with Crippen LogP contribution in [0.25, 0.3) is 0 Å². The van der Waals surface area contributed by atoms with Crippen molar-refractivity contribution in [2.75, 3.05) is 7.11 Å². The second kappa shape index (κ2) is 5.95. The van der Waals surface area contributed by atoms with Crippen molar-refractivity contribution in [3.05, 3.63) is 27.2 Å². The Labute approximate surface area is 137 Å². The van der Waals surface area contributed by atoms with Crippen molar-refractivity contribution in [3.63, 3.8) is 0 Å². The molecule has 2 unspecified atom stereocenters. The second-order valence-electron chi connectivity index (χ2n) is 5.90. The van der Waals surface area contributed by atoms with Gasteiger partial charge in [0.15, 0.2) is 0 Å². The molecule has 1 aromatic carbocycles. The minimum atomic E-state index is 0.273. The number of alkyl halides is 1. The summed E-state index contributed by atoms with van der Waals surface area (Å²) in [5.41, 5.74) is 1.50. The van der Waals surface area contributed by atoms with Gasteiger partial charge in [-0.2, -0.15) is 0 Å². The van der Waals surface area contributed by atoms with Crippen LogP contribution < -0.4 is 4.74 Å². The van der Waals surface area contributed by atoms with Gasteiger partial charge in [-0.05, 0) is 52.2 Å². The van der Waals surface area contributed by atoms with E-state index in [1.165, 1.54) is 19.3 Å². The largest absolute Gasteiger partial charge is 0.495 e. The summed E-state index contributed by atoms with van der Waals surface area (Å²) in [5.74, 6) is 1.49. The van der Waals surface area contributed by atoms with Crippen molar-refractivity contribution in [2.45, 2.75) is 37.9 Å². The van der Waals surface area contributed by atoms with Crippen molar-refractivity contribution < 1.29 is 4.74 Å². The van der Waals surface area contributed by atoms with Gasteiger partial charge >= 0.3 is 0 Å². The number of ether oxygens (including phenoxy) is 1. The Bertz CT molecular complexity index is 473. The Balaban J connectivity index is 2.41. The molecule has 2 atom stereocenters. The second-order valence-corrected chi connectivity index (χ2v) is 8.18. The van der Waals surface area contributed by atoms with Crippen LogP contribution in [0.2, 0.25) is 5.02 Å². The molecular formula is C15H19Br2ClO. The van der Waals surface area contributed by atoms with Gasteiger partial charge in [-0.1, -0.05) is 47.8 Å². The first-order valence-electron chi connectivity index (χ1n) is 6.54. The van der Waals surface area contributed by atoms with E-state index in [2.05, 4.69) is 45.7 Å². The van der Waals surface area contributed by atoms with Crippen LogP contribution in [0.1, 0.15) is 43.5 Å². The number of halogens is 3. The zero-order valence-electron chi connectivity index (χ0n) is 11.5. The van der Waals surface area contributed by atoms with Gasteiger partial charge in [-0.25, -0.2) is 0 Å². The average molecular weight is 411 g/mol. The molecule has 0 aliphatic heterocycles. The maximum atomic E-state index is 6.19. The summed E-state index contributed by atoms with van der Waals surface area (Å²) >= 11 is 13.6. The summed E-state index contributed by atoms with van der Waals surface area (Å²) in [6, 6.07) is 3.89. The standard InChI is InChI=1S/C15H19Br2ClO/c1-15(2)6-4-5-11(15)13(17)10-7-9(18)8-12(16)14(10)19-3/h7-8,11,13H,4-6H2,1-3H3. The van der Waals surface area contributed by atoms with Crippen molar-refractivity contribution in [3.8, 4) is 5.75 Å². The van der Waals surface area contributed by atoms with Crippen LogP contribution in [0.4, 0.5) is 0 Å². The lowest BCUT2D eigenvalue weighted by Crippen LogP contribution is -2.21. The molecule has 1 aliphatic rings. The molecule has 0 aromatic heterocycles. The molecule has 1 saturated carbocycles. The van der Waals surface area contributed by atoms with E-state index < -0.39 is 0 Å². The molecular weight excluding hydrogens is 391 g/mol. The average Bonchev–Trinajstić information content (AvgIpc) is 2.67. The Morgan fingerprint density at radius 2 is 2.11 bits per heavy atom. The van der Waals surface area contributed by atoms with Crippen LogP contribution in [0.3, 0.4) is 0 Å². The highest BCUT2D eigenvalue weighted by Gasteiger charge is 2.40. The number of hydrogen-bond donors (Lipinski definition) is 0. The molecule has 4 heteroatoms. The normalized spacial score (nSPS) is 23.4. The SMILES string of the molecule is COc1c(Br)cc(Cl)cc1C(Br)C1CCCC1(C)C. The van der Waals surface area contributed by atoms with Crippen molar-refractivity contribution >= 4 is 43.5 Å². The summed E-state index contributed by atoms with van der Waals surface area (Å²) in [4.78, 5) is 0.273. The summed E-state index contributed by atoms with van der Waals surface area (Å²) in [5, 5.41) is 0.739. The summed E-state index contributed by atoms with van der Waals surface area (Å²) in [7, 11) is 1.71. The van der Waals surface area contributed by atoms with Crippen molar-refractivity contribution in [1.82, 2.24) is 0 Å². The van der Waals surface area contributed by atoms with E-state index in [9.17, 15) is 0 Å². The van der Waals surface area contributed by atoms with Gasteiger partial charge in [0, 0.05) is 15.4 Å². The van der Waals surface area contributed by atoms with E-state index >= 15 is 0 Å². The molecule has 0 bridgehead atoms. The minimum absolute atomic E-state index is 0.273. The fraction of sp³-hybridized carbons (Fsp3) is 0.600. The highest BCUT2D eigenvalue weighted by molar-refractivity contribution is 9.10. The summed E-state index contributed by atoms with van der Waals surface area (Å²) < 4.78 is 6.46. The lowest BCUT2D eigenvalue weighted by Gasteiger charge is -2.32. The lowest BCUT2D eigenvalue weighted by atomic mass is 9.78. The highest BCUT2D eigenvalue weighted by atomic mass is 79.9. The number of hydrogen-bond acceptors (Lipinski definition) is 1. The van der Waals surface area contributed by atoms with Crippen LogP contribution in [-0.4, -0.2) is 7.11 Å². The van der Waals surface area contributed by atoms with E-state index in [-0.39, 0.29) is 4.83 Å². The van der Waals surface area contributed by atoms with E-state index in [0.717, 1.165) is 20.8 Å². The van der Waals surface area contributed by atoms with Crippen LogP contribution in [0.5, 0.6) is 5.75 Å². The van der Waals surface area contributed by atoms with Crippen molar-refractivity contribution in [2.24, 2.45) is 11.3 Å². The molecule has 0 radical (unpaired) electrons. The predicted octanol–water partition coefficient (Wildman–Crippen LogP) is 6.37. The van der Waals surface area contributed by atoms with Crippen LogP contribution >= 0.6 is 43.5 Å². The molecule has 0 heterocycles. The van der Waals surface area contributed by atoms with E-state index in [0.29, 0.717) is 11.3 Å². The van der Waals surface area contributed by atoms with E-state index in [1.54, 1.807) is 7.11 Å². The topological polar surface area (TPSA) is 9.23 Å². The smallest absolute Gasteiger partial charge is 0.137 e. The third-order valence-corrected chi connectivity index (χ3v) is 6.17.